The summed E-state index contributed by atoms with van der Waals surface area (Å²) in [6.45, 7) is 1.84. The quantitative estimate of drug-likeness (QED) is 0.665. The molecule has 0 unspecified atom stereocenters. The van der Waals surface area contributed by atoms with Gasteiger partial charge >= 0.3 is 5.97 Å². The molecule has 0 aliphatic carbocycles. The number of carbonyl (C=O) groups is 2. The summed E-state index contributed by atoms with van der Waals surface area (Å²) in [6, 6.07) is 6.65. The average molecular weight is 343 g/mol. The van der Waals surface area contributed by atoms with Crippen LogP contribution in [0.15, 0.2) is 28.8 Å². The van der Waals surface area contributed by atoms with E-state index >= 15 is 0 Å². The molecule has 0 spiro atoms. The summed E-state index contributed by atoms with van der Waals surface area (Å²) < 4.78 is 10.0. The first kappa shape index (κ1) is 16.3. The van der Waals surface area contributed by atoms with Crippen LogP contribution in [0.1, 0.15) is 17.3 Å². The number of halogens is 2. The van der Waals surface area contributed by atoms with Gasteiger partial charge in [0.25, 0.3) is 0 Å². The Morgan fingerprint density at radius 3 is 2.59 bits per heavy atom. The molecule has 0 aliphatic rings. The van der Waals surface area contributed by atoms with E-state index in [-0.39, 0.29) is 29.6 Å². The molecule has 0 radical (unpaired) electrons. The molecule has 0 saturated carbocycles. The van der Waals surface area contributed by atoms with Crippen molar-refractivity contribution < 1.29 is 18.8 Å². The first-order chi connectivity index (χ1) is 10.6. The molecule has 116 valence electrons. The largest absolute Gasteiger partial charge is 0.462 e. The first-order valence-electron chi connectivity index (χ1n) is 6.35. The van der Waals surface area contributed by atoms with Crippen LogP contribution in [0, 0.1) is 0 Å². The van der Waals surface area contributed by atoms with Gasteiger partial charge in [-0.1, -0.05) is 28.9 Å². The number of benzene rings is 1. The molecule has 8 heteroatoms. The van der Waals surface area contributed by atoms with Crippen molar-refractivity contribution in [2.45, 2.75) is 6.92 Å². The Morgan fingerprint density at radius 1 is 1.32 bits per heavy atom. The number of aromatic nitrogens is 1. The van der Waals surface area contributed by atoms with Gasteiger partial charge in [-0.15, -0.1) is 11.6 Å². The molecule has 0 atom stereocenters. The Morgan fingerprint density at radius 2 is 2.00 bits per heavy atom. The highest BCUT2D eigenvalue weighted by Gasteiger charge is 2.26. The zero-order valence-corrected chi connectivity index (χ0v) is 13.1. The number of hydrogen-bond acceptors (Lipinski definition) is 5. The predicted octanol–water partition coefficient (Wildman–Crippen LogP) is 3.35. The maximum absolute atomic E-state index is 12.1. The molecule has 0 saturated heterocycles. The highest BCUT2D eigenvalue weighted by Crippen LogP contribution is 2.30. The van der Waals surface area contributed by atoms with Gasteiger partial charge in [0.1, 0.15) is 11.6 Å². The van der Waals surface area contributed by atoms with Crippen molar-refractivity contribution in [2.75, 3.05) is 17.8 Å². The summed E-state index contributed by atoms with van der Waals surface area (Å²) in [6.07, 6.45) is 0. The second-order valence-corrected chi connectivity index (χ2v) is 4.85. The molecule has 0 bridgehead atoms. The van der Waals surface area contributed by atoms with Crippen LogP contribution in [-0.2, 0) is 9.53 Å². The van der Waals surface area contributed by atoms with Crippen molar-refractivity contribution >= 4 is 41.0 Å². The Balaban J connectivity index is 2.47. The maximum atomic E-state index is 12.1. The third-order valence-corrected chi connectivity index (χ3v) is 3.16. The van der Waals surface area contributed by atoms with Gasteiger partial charge in [0.05, 0.1) is 6.61 Å². The van der Waals surface area contributed by atoms with Crippen molar-refractivity contribution in [3.05, 3.63) is 34.9 Å². The number of hydrogen-bond donors (Lipinski definition) is 1. The van der Waals surface area contributed by atoms with Gasteiger partial charge in [0.15, 0.2) is 5.56 Å². The third kappa shape index (κ3) is 3.58. The number of nitrogens with one attached hydrogen (secondary N) is 1. The van der Waals surface area contributed by atoms with Crippen LogP contribution >= 0.6 is 23.2 Å². The summed E-state index contributed by atoms with van der Waals surface area (Å²) in [4.78, 5) is 23.5. The van der Waals surface area contributed by atoms with Crippen LogP contribution in [0.4, 0.5) is 5.88 Å². The summed E-state index contributed by atoms with van der Waals surface area (Å²) in [5.74, 6) is -1.56. The number of carbonyl (C=O) groups excluding carboxylic acids is 2. The van der Waals surface area contributed by atoms with Crippen LogP contribution < -0.4 is 5.32 Å². The molecule has 6 nitrogen and oxygen atoms in total. The second-order valence-electron chi connectivity index (χ2n) is 4.14. The van der Waals surface area contributed by atoms with Gasteiger partial charge in [-0.2, -0.15) is 0 Å². The Kier molecular flexibility index (Phi) is 5.41. The molecule has 1 heterocycles. The van der Waals surface area contributed by atoms with E-state index in [4.69, 9.17) is 32.5 Å². The summed E-state index contributed by atoms with van der Waals surface area (Å²) >= 11 is 11.3. The zero-order chi connectivity index (χ0) is 16.1. The van der Waals surface area contributed by atoms with Crippen LogP contribution in [0.3, 0.4) is 0 Å². The number of nitrogens with zero attached hydrogens (tertiary/aromatic N) is 1. The molecule has 1 N–H and O–H groups in total. The molecule has 0 aliphatic heterocycles. The molecule has 1 amide bonds. The van der Waals surface area contributed by atoms with Crippen molar-refractivity contribution in [3.63, 3.8) is 0 Å². The zero-order valence-electron chi connectivity index (χ0n) is 11.6. The van der Waals surface area contributed by atoms with Crippen LogP contribution in [0.5, 0.6) is 0 Å². The molecule has 1 aromatic heterocycles. The van der Waals surface area contributed by atoms with Crippen molar-refractivity contribution in [1.29, 1.82) is 0 Å². The summed E-state index contributed by atoms with van der Waals surface area (Å²) in [5.41, 5.74) is 0.880. The lowest BCUT2D eigenvalue weighted by Crippen LogP contribution is -2.15. The smallest absolute Gasteiger partial charge is 0.346 e. The number of ether oxygens (including phenoxy) is 1. The number of rotatable bonds is 5. The van der Waals surface area contributed by atoms with Gasteiger partial charge in [0, 0.05) is 10.6 Å². The van der Waals surface area contributed by atoms with E-state index in [0.717, 1.165) is 0 Å². The standard InChI is InChI=1S/C14H12Cl2N2O4/c1-2-21-14(20)11-12(8-3-5-9(16)6-4-8)18-22-13(11)17-10(19)7-15/h3-6H,2,7H2,1H3,(H,17,19). The number of alkyl halides is 1. The van der Waals surface area contributed by atoms with Crippen molar-refractivity contribution in [1.82, 2.24) is 5.16 Å². The Bertz CT molecular complexity index is 683. The minimum absolute atomic E-state index is 0.0302. The molecule has 2 rings (SSSR count). The SMILES string of the molecule is CCOC(=O)c1c(-c2ccc(Cl)cc2)noc1NC(=O)CCl. The second kappa shape index (κ2) is 7.29. The van der Waals surface area contributed by atoms with Crippen molar-refractivity contribution in [3.8, 4) is 11.3 Å². The van der Waals surface area contributed by atoms with Gasteiger partial charge in [0.2, 0.25) is 11.8 Å². The van der Waals surface area contributed by atoms with Crippen LogP contribution in [-0.4, -0.2) is 29.5 Å². The van der Waals surface area contributed by atoms with E-state index < -0.39 is 11.9 Å². The van der Waals surface area contributed by atoms with Gasteiger partial charge in [-0.05, 0) is 19.1 Å². The van der Waals surface area contributed by atoms with E-state index in [2.05, 4.69) is 10.5 Å². The third-order valence-electron chi connectivity index (χ3n) is 2.66. The average Bonchev–Trinajstić information content (AvgIpc) is 2.91. The van der Waals surface area contributed by atoms with Gasteiger partial charge in [-0.3, -0.25) is 10.1 Å². The lowest BCUT2D eigenvalue weighted by molar-refractivity contribution is -0.114. The predicted molar refractivity (Wildman–Crippen MR) is 82.3 cm³/mol. The molecular weight excluding hydrogens is 331 g/mol. The van der Waals surface area contributed by atoms with E-state index in [1.54, 1.807) is 31.2 Å². The highest BCUT2D eigenvalue weighted by molar-refractivity contribution is 6.30. The Hall–Kier alpha value is -2.05. The highest BCUT2D eigenvalue weighted by atomic mass is 35.5. The maximum Gasteiger partial charge on any atom is 0.346 e. The Labute approximate surface area is 136 Å². The van der Waals surface area contributed by atoms with E-state index in [1.807, 2.05) is 0 Å². The normalized spacial score (nSPS) is 10.3. The molecule has 22 heavy (non-hydrogen) atoms. The topological polar surface area (TPSA) is 81.4 Å². The molecule has 2 aromatic rings. The molecule has 0 fully saturated rings. The lowest BCUT2D eigenvalue weighted by Gasteiger charge is -2.04. The van der Waals surface area contributed by atoms with E-state index in [1.165, 1.54) is 0 Å². The first-order valence-corrected chi connectivity index (χ1v) is 7.26. The minimum atomic E-state index is -0.654. The van der Waals surface area contributed by atoms with Gasteiger partial charge in [-0.25, -0.2) is 4.79 Å². The number of anilines is 1. The summed E-state index contributed by atoms with van der Waals surface area (Å²) in [5, 5.41) is 6.75. The van der Waals surface area contributed by atoms with Gasteiger partial charge < -0.3 is 9.26 Å². The fraction of sp³-hybridized carbons (Fsp3) is 0.214. The monoisotopic (exact) mass is 342 g/mol. The molecular formula is C14H12Cl2N2O4. The van der Waals surface area contributed by atoms with Crippen LogP contribution in [0.2, 0.25) is 5.02 Å². The lowest BCUT2D eigenvalue weighted by atomic mass is 10.1. The molecule has 1 aromatic carbocycles. The fourth-order valence-corrected chi connectivity index (χ4v) is 1.93. The van der Waals surface area contributed by atoms with Crippen LogP contribution in [0.25, 0.3) is 11.3 Å². The summed E-state index contributed by atoms with van der Waals surface area (Å²) in [7, 11) is 0. The fourth-order valence-electron chi connectivity index (χ4n) is 1.73. The van der Waals surface area contributed by atoms with E-state index in [0.29, 0.717) is 10.6 Å². The minimum Gasteiger partial charge on any atom is -0.462 e. The van der Waals surface area contributed by atoms with E-state index in [9.17, 15) is 9.59 Å². The number of amides is 1. The van der Waals surface area contributed by atoms with Crippen molar-refractivity contribution in [2.24, 2.45) is 0 Å². The number of esters is 1.